The first-order chi connectivity index (χ1) is 9.93. The molecule has 0 bridgehead atoms. The van der Waals surface area contributed by atoms with Crippen molar-refractivity contribution < 1.29 is 18.3 Å². The van der Waals surface area contributed by atoms with Gasteiger partial charge in [0, 0.05) is 0 Å². The third-order valence-corrected chi connectivity index (χ3v) is 6.44. The highest BCUT2D eigenvalue weighted by Crippen LogP contribution is 2.32. The van der Waals surface area contributed by atoms with Gasteiger partial charge in [-0.05, 0) is 37.8 Å². The second kappa shape index (κ2) is 6.60. The van der Waals surface area contributed by atoms with Crippen LogP contribution in [0.2, 0.25) is 0 Å². The number of hydrogen-bond acceptors (Lipinski definition) is 3. The van der Waals surface area contributed by atoms with Crippen molar-refractivity contribution in [3.05, 3.63) is 29.8 Å². The quantitative estimate of drug-likeness (QED) is 0.867. The van der Waals surface area contributed by atoms with Gasteiger partial charge in [-0.15, -0.1) is 0 Å². The Labute approximate surface area is 126 Å². The van der Waals surface area contributed by atoms with E-state index in [0.29, 0.717) is 12.8 Å². The van der Waals surface area contributed by atoms with Gasteiger partial charge in [-0.2, -0.15) is 0 Å². The molecular weight excluding hydrogens is 288 g/mol. The molecule has 1 aliphatic carbocycles. The molecule has 1 unspecified atom stereocenters. The van der Waals surface area contributed by atoms with Crippen LogP contribution in [0, 0.1) is 12.8 Å². The molecule has 0 saturated heterocycles. The molecule has 0 amide bonds. The molecule has 0 spiro atoms. The molecule has 21 heavy (non-hydrogen) atoms. The van der Waals surface area contributed by atoms with Crippen molar-refractivity contribution >= 4 is 15.8 Å². The zero-order valence-corrected chi connectivity index (χ0v) is 13.1. The molecule has 0 heterocycles. The van der Waals surface area contributed by atoms with E-state index in [-0.39, 0.29) is 10.8 Å². The zero-order valence-electron chi connectivity index (χ0n) is 12.3. The highest BCUT2D eigenvalue weighted by Gasteiger charge is 2.40. The number of carboxylic acids is 1. The van der Waals surface area contributed by atoms with Crippen LogP contribution in [0.3, 0.4) is 0 Å². The largest absolute Gasteiger partial charge is 0.480 e. The molecule has 2 rings (SSSR count). The summed E-state index contributed by atoms with van der Waals surface area (Å²) in [5.74, 6) is -1.50. The van der Waals surface area contributed by atoms with Crippen LogP contribution in [0.25, 0.3) is 0 Å². The normalized spacial score (nSPS) is 18.9. The van der Waals surface area contributed by atoms with Crippen molar-refractivity contribution in [1.82, 2.24) is 0 Å². The summed E-state index contributed by atoms with van der Waals surface area (Å²) in [6.07, 6.45) is 5.32. The summed E-state index contributed by atoms with van der Waals surface area (Å²) in [6.45, 7) is 1.87. The van der Waals surface area contributed by atoms with Crippen molar-refractivity contribution in [2.45, 2.75) is 55.6 Å². The monoisotopic (exact) mass is 310 g/mol. The summed E-state index contributed by atoms with van der Waals surface area (Å²) in [5, 5.41) is 8.17. The lowest BCUT2D eigenvalue weighted by atomic mass is 9.96. The number of carbonyl (C=O) groups is 1. The molecule has 1 aromatic rings. The molecular formula is C16H22O4S. The summed E-state index contributed by atoms with van der Waals surface area (Å²) >= 11 is 0. The average Bonchev–Trinajstić information content (AvgIpc) is 2.67. The maximum absolute atomic E-state index is 12.7. The molecule has 1 aromatic carbocycles. The van der Waals surface area contributed by atoms with Crippen LogP contribution in [0.5, 0.6) is 0 Å². The lowest BCUT2D eigenvalue weighted by Crippen LogP contribution is -2.37. The maximum atomic E-state index is 12.7. The summed E-state index contributed by atoms with van der Waals surface area (Å²) in [5.41, 5.74) is 0.954. The molecule has 1 saturated carbocycles. The van der Waals surface area contributed by atoms with Crippen molar-refractivity contribution in [2.75, 3.05) is 0 Å². The second-order valence-electron chi connectivity index (χ2n) is 5.87. The van der Waals surface area contributed by atoms with E-state index < -0.39 is 21.1 Å². The minimum absolute atomic E-state index is 0.116. The Morgan fingerprint density at radius 2 is 1.62 bits per heavy atom. The Morgan fingerprint density at radius 3 is 2.10 bits per heavy atom. The van der Waals surface area contributed by atoms with Gasteiger partial charge in [0.25, 0.3) is 0 Å². The third-order valence-electron chi connectivity index (χ3n) is 4.26. The number of benzene rings is 1. The van der Waals surface area contributed by atoms with Crippen LogP contribution in [0.1, 0.15) is 44.1 Å². The van der Waals surface area contributed by atoms with Crippen molar-refractivity contribution in [1.29, 1.82) is 0 Å². The first-order valence-corrected chi connectivity index (χ1v) is 9.01. The Bertz CT molecular complexity index is 581. The predicted octanol–water partition coefficient (Wildman–Crippen LogP) is 3.19. The Hall–Kier alpha value is -1.36. The Kier molecular flexibility index (Phi) is 5.04. The highest BCUT2D eigenvalue weighted by atomic mass is 32.2. The number of hydrogen-bond donors (Lipinski definition) is 1. The number of aliphatic carboxylic acids is 1. The van der Waals surface area contributed by atoms with Crippen molar-refractivity contribution in [3.63, 3.8) is 0 Å². The molecule has 1 atom stereocenters. The first-order valence-electron chi connectivity index (χ1n) is 7.46. The summed E-state index contributed by atoms with van der Waals surface area (Å²) in [7, 11) is -3.83. The molecule has 0 radical (unpaired) electrons. The van der Waals surface area contributed by atoms with Crippen molar-refractivity contribution in [3.8, 4) is 0 Å². The smallest absolute Gasteiger partial charge is 0.322 e. The van der Waals surface area contributed by atoms with Gasteiger partial charge in [-0.25, -0.2) is 8.42 Å². The number of aryl methyl sites for hydroxylation is 1. The fourth-order valence-corrected chi connectivity index (χ4v) is 4.93. The maximum Gasteiger partial charge on any atom is 0.322 e. The molecule has 1 N–H and O–H groups in total. The lowest BCUT2D eigenvalue weighted by Gasteiger charge is -2.22. The van der Waals surface area contributed by atoms with E-state index in [9.17, 15) is 18.3 Å². The summed E-state index contributed by atoms with van der Waals surface area (Å²) in [4.78, 5) is 11.7. The molecule has 4 nitrogen and oxygen atoms in total. The van der Waals surface area contributed by atoms with Gasteiger partial charge in [-0.1, -0.05) is 43.4 Å². The van der Waals surface area contributed by atoms with Gasteiger partial charge < -0.3 is 5.11 Å². The topological polar surface area (TPSA) is 71.4 Å². The minimum Gasteiger partial charge on any atom is -0.480 e. The molecule has 1 fully saturated rings. The number of rotatable bonds is 4. The van der Waals surface area contributed by atoms with Crippen LogP contribution in [-0.4, -0.2) is 24.7 Å². The minimum atomic E-state index is -3.83. The van der Waals surface area contributed by atoms with E-state index in [1.54, 1.807) is 12.1 Å². The van der Waals surface area contributed by atoms with Gasteiger partial charge in [0.2, 0.25) is 0 Å². The molecule has 0 aliphatic heterocycles. The molecule has 5 heteroatoms. The highest BCUT2D eigenvalue weighted by molar-refractivity contribution is 7.92. The second-order valence-corrected chi connectivity index (χ2v) is 7.94. The molecule has 0 aromatic heterocycles. The summed E-state index contributed by atoms with van der Waals surface area (Å²) in [6, 6.07) is 6.44. The lowest BCUT2D eigenvalue weighted by molar-refractivity contribution is -0.137. The van der Waals surface area contributed by atoms with Gasteiger partial charge in [0.15, 0.2) is 15.1 Å². The van der Waals surface area contributed by atoms with Crippen molar-refractivity contribution in [2.24, 2.45) is 5.92 Å². The standard InChI is InChI=1S/C16H22O4S/c1-12-8-10-14(11-9-12)21(19,20)15(16(17)18)13-6-4-2-3-5-7-13/h8-11,13,15H,2-7H2,1H3,(H,17,18). The Balaban J connectivity index is 2.36. The van der Waals surface area contributed by atoms with Crippen LogP contribution < -0.4 is 0 Å². The molecule has 116 valence electrons. The van der Waals surface area contributed by atoms with Gasteiger partial charge in [-0.3, -0.25) is 4.79 Å². The summed E-state index contributed by atoms with van der Waals surface area (Å²) < 4.78 is 25.4. The predicted molar refractivity (Wildman–Crippen MR) is 81.0 cm³/mol. The van der Waals surface area contributed by atoms with E-state index in [1.807, 2.05) is 6.92 Å². The van der Waals surface area contributed by atoms with E-state index in [4.69, 9.17) is 0 Å². The van der Waals surface area contributed by atoms with Crippen LogP contribution in [-0.2, 0) is 14.6 Å². The first kappa shape index (κ1) is 16.0. The van der Waals surface area contributed by atoms with Gasteiger partial charge >= 0.3 is 5.97 Å². The van der Waals surface area contributed by atoms with Crippen LogP contribution in [0.4, 0.5) is 0 Å². The van der Waals surface area contributed by atoms with Gasteiger partial charge in [0.1, 0.15) is 0 Å². The van der Waals surface area contributed by atoms with E-state index in [1.165, 1.54) is 12.1 Å². The molecule has 1 aliphatic rings. The third kappa shape index (κ3) is 3.64. The van der Waals surface area contributed by atoms with E-state index >= 15 is 0 Å². The SMILES string of the molecule is Cc1ccc(S(=O)(=O)C(C(=O)O)C2CCCCCC2)cc1. The van der Waals surface area contributed by atoms with Crippen LogP contribution >= 0.6 is 0 Å². The van der Waals surface area contributed by atoms with Crippen LogP contribution in [0.15, 0.2) is 29.2 Å². The fourth-order valence-electron chi connectivity index (χ4n) is 3.08. The van der Waals surface area contributed by atoms with E-state index in [0.717, 1.165) is 31.2 Å². The van der Waals surface area contributed by atoms with E-state index in [2.05, 4.69) is 0 Å². The Morgan fingerprint density at radius 1 is 1.10 bits per heavy atom. The fraction of sp³-hybridized carbons (Fsp3) is 0.562. The zero-order chi connectivity index (χ0) is 15.5. The average molecular weight is 310 g/mol. The van der Waals surface area contributed by atoms with Gasteiger partial charge in [0.05, 0.1) is 4.90 Å². The number of sulfone groups is 1. The number of carboxylic acid groups (broad SMARTS) is 1.